The summed E-state index contributed by atoms with van der Waals surface area (Å²) in [6.45, 7) is 0.432. The van der Waals surface area contributed by atoms with Crippen molar-refractivity contribution in [3.05, 3.63) is 69.7 Å². The van der Waals surface area contributed by atoms with Crippen LogP contribution in [-0.2, 0) is 0 Å². The third kappa shape index (κ3) is 4.97. The smallest absolute Gasteiger partial charge is 0.0915 e. The zero-order chi connectivity index (χ0) is 15.9. The van der Waals surface area contributed by atoms with Crippen LogP contribution in [0.1, 0.15) is 29.7 Å². The van der Waals surface area contributed by atoms with E-state index in [2.05, 4.69) is 5.32 Å². The molecule has 3 N–H and O–H groups in total. The fourth-order valence-electron chi connectivity index (χ4n) is 2.30. The number of nitrogens with one attached hydrogen (secondary N) is 1. The van der Waals surface area contributed by atoms with Crippen LogP contribution in [0.3, 0.4) is 0 Å². The Hall–Kier alpha value is -1.10. The van der Waals surface area contributed by atoms with Gasteiger partial charge >= 0.3 is 0 Å². The van der Waals surface area contributed by atoms with Gasteiger partial charge in [-0.2, -0.15) is 0 Å². The van der Waals surface area contributed by atoms with Gasteiger partial charge in [0.1, 0.15) is 0 Å². The minimum absolute atomic E-state index is 0.0453. The Morgan fingerprint density at radius 1 is 0.955 bits per heavy atom. The van der Waals surface area contributed by atoms with Crippen molar-refractivity contribution in [1.82, 2.24) is 5.32 Å². The van der Waals surface area contributed by atoms with Crippen LogP contribution in [0, 0.1) is 0 Å². The molecule has 0 heterocycles. The molecule has 0 fully saturated rings. The summed E-state index contributed by atoms with van der Waals surface area (Å²) in [7, 11) is 0. The number of halogens is 2. The van der Waals surface area contributed by atoms with Crippen molar-refractivity contribution in [1.29, 1.82) is 0 Å². The van der Waals surface area contributed by atoms with Gasteiger partial charge in [0.15, 0.2) is 0 Å². The third-order valence-electron chi connectivity index (χ3n) is 3.48. The highest BCUT2D eigenvalue weighted by Crippen LogP contribution is 2.21. The van der Waals surface area contributed by atoms with Crippen molar-refractivity contribution < 1.29 is 10.2 Å². The van der Waals surface area contributed by atoms with E-state index in [0.29, 0.717) is 23.0 Å². The van der Waals surface area contributed by atoms with E-state index in [4.69, 9.17) is 23.2 Å². The van der Waals surface area contributed by atoms with E-state index < -0.39 is 6.10 Å². The van der Waals surface area contributed by atoms with Gasteiger partial charge in [-0.25, -0.2) is 0 Å². The highest BCUT2D eigenvalue weighted by atomic mass is 35.5. The summed E-state index contributed by atoms with van der Waals surface area (Å²) in [6.07, 6.45) is -0.101. The Morgan fingerprint density at radius 2 is 1.68 bits per heavy atom. The van der Waals surface area contributed by atoms with Gasteiger partial charge in [0.25, 0.3) is 0 Å². The molecule has 0 bridgehead atoms. The van der Waals surface area contributed by atoms with Crippen LogP contribution in [0.5, 0.6) is 0 Å². The zero-order valence-corrected chi connectivity index (χ0v) is 13.6. The summed E-state index contributed by atoms with van der Waals surface area (Å²) in [4.78, 5) is 0. The van der Waals surface area contributed by atoms with E-state index in [1.54, 1.807) is 12.1 Å². The molecule has 0 aliphatic rings. The summed E-state index contributed by atoms with van der Waals surface area (Å²) in [5.74, 6) is 0. The van der Waals surface area contributed by atoms with E-state index in [1.165, 1.54) is 0 Å². The summed E-state index contributed by atoms with van der Waals surface area (Å²) in [6, 6.07) is 14.6. The summed E-state index contributed by atoms with van der Waals surface area (Å²) < 4.78 is 0. The fraction of sp³-hybridized carbons (Fsp3) is 0.294. The SMILES string of the molecule is OCCC(NCC(O)c1cccc(Cl)c1)c1ccc(Cl)cc1. The zero-order valence-electron chi connectivity index (χ0n) is 12.0. The molecule has 2 atom stereocenters. The maximum atomic E-state index is 10.2. The molecule has 0 saturated carbocycles. The van der Waals surface area contributed by atoms with Crippen LogP contribution in [0.4, 0.5) is 0 Å². The Balaban J connectivity index is 2.00. The van der Waals surface area contributed by atoms with Gasteiger partial charge in [-0.15, -0.1) is 0 Å². The van der Waals surface area contributed by atoms with Gasteiger partial charge in [0.2, 0.25) is 0 Å². The first kappa shape index (κ1) is 17.3. The third-order valence-corrected chi connectivity index (χ3v) is 3.97. The Kier molecular flexibility index (Phi) is 6.68. The lowest BCUT2D eigenvalue weighted by Crippen LogP contribution is -2.27. The van der Waals surface area contributed by atoms with Gasteiger partial charge in [0.05, 0.1) is 6.10 Å². The standard InChI is InChI=1S/C17H19Cl2NO2/c18-14-6-4-12(5-7-14)16(8-9-21)20-11-17(22)13-2-1-3-15(19)10-13/h1-7,10,16-17,20-22H,8-9,11H2. The van der Waals surface area contributed by atoms with Gasteiger partial charge in [-0.3, -0.25) is 0 Å². The number of aliphatic hydroxyl groups is 2. The Morgan fingerprint density at radius 3 is 2.32 bits per heavy atom. The van der Waals surface area contributed by atoms with E-state index in [-0.39, 0.29) is 12.6 Å². The molecule has 118 valence electrons. The molecule has 22 heavy (non-hydrogen) atoms. The van der Waals surface area contributed by atoms with E-state index in [1.807, 2.05) is 36.4 Å². The van der Waals surface area contributed by atoms with Crippen LogP contribution < -0.4 is 5.32 Å². The quantitative estimate of drug-likeness (QED) is 0.720. The molecule has 0 radical (unpaired) electrons. The minimum atomic E-state index is -0.660. The number of hydrogen-bond donors (Lipinski definition) is 3. The monoisotopic (exact) mass is 339 g/mol. The van der Waals surface area contributed by atoms with Gasteiger partial charge < -0.3 is 15.5 Å². The molecule has 0 aliphatic carbocycles. The van der Waals surface area contributed by atoms with E-state index in [0.717, 1.165) is 11.1 Å². The predicted molar refractivity (Wildman–Crippen MR) is 90.3 cm³/mol. The second-order valence-corrected chi connectivity index (χ2v) is 5.97. The molecule has 0 aliphatic heterocycles. The molecule has 2 aromatic carbocycles. The van der Waals surface area contributed by atoms with Crippen molar-refractivity contribution in [2.75, 3.05) is 13.2 Å². The van der Waals surface area contributed by atoms with Crippen molar-refractivity contribution >= 4 is 23.2 Å². The van der Waals surface area contributed by atoms with Crippen molar-refractivity contribution in [2.24, 2.45) is 0 Å². The minimum Gasteiger partial charge on any atom is -0.396 e. The molecular formula is C17H19Cl2NO2. The lowest BCUT2D eigenvalue weighted by Gasteiger charge is -2.21. The summed E-state index contributed by atoms with van der Waals surface area (Å²) in [5.41, 5.74) is 1.79. The number of benzene rings is 2. The van der Waals surface area contributed by atoms with Crippen LogP contribution in [-0.4, -0.2) is 23.4 Å². The van der Waals surface area contributed by atoms with Crippen molar-refractivity contribution in [3.63, 3.8) is 0 Å². The molecule has 2 unspecified atom stereocenters. The molecule has 0 saturated heterocycles. The molecular weight excluding hydrogens is 321 g/mol. The lowest BCUT2D eigenvalue weighted by atomic mass is 10.0. The van der Waals surface area contributed by atoms with E-state index in [9.17, 15) is 10.2 Å². The lowest BCUT2D eigenvalue weighted by molar-refractivity contribution is 0.165. The first-order valence-electron chi connectivity index (χ1n) is 7.13. The number of hydrogen-bond acceptors (Lipinski definition) is 3. The first-order valence-corrected chi connectivity index (χ1v) is 7.89. The maximum Gasteiger partial charge on any atom is 0.0915 e. The molecule has 0 aromatic heterocycles. The highest BCUT2D eigenvalue weighted by molar-refractivity contribution is 6.30. The van der Waals surface area contributed by atoms with Crippen molar-refractivity contribution in [3.8, 4) is 0 Å². The summed E-state index contributed by atoms with van der Waals surface area (Å²) in [5, 5.41) is 24.0. The second-order valence-electron chi connectivity index (χ2n) is 5.10. The Labute approximate surface area is 140 Å². The van der Waals surface area contributed by atoms with Crippen molar-refractivity contribution in [2.45, 2.75) is 18.6 Å². The normalized spacial score (nSPS) is 13.8. The first-order chi connectivity index (χ1) is 10.6. The average molecular weight is 340 g/mol. The van der Waals surface area contributed by atoms with Crippen LogP contribution >= 0.6 is 23.2 Å². The van der Waals surface area contributed by atoms with Crippen LogP contribution in [0.15, 0.2) is 48.5 Å². The van der Waals surface area contributed by atoms with Gasteiger partial charge in [0, 0.05) is 29.2 Å². The molecule has 0 spiro atoms. The maximum absolute atomic E-state index is 10.2. The molecule has 3 nitrogen and oxygen atoms in total. The largest absolute Gasteiger partial charge is 0.396 e. The number of rotatable bonds is 7. The number of aliphatic hydroxyl groups excluding tert-OH is 2. The highest BCUT2D eigenvalue weighted by Gasteiger charge is 2.14. The molecule has 0 amide bonds. The molecule has 2 rings (SSSR count). The van der Waals surface area contributed by atoms with Gasteiger partial charge in [-0.1, -0.05) is 47.5 Å². The second kappa shape index (κ2) is 8.51. The predicted octanol–water partition coefficient (Wildman–Crippen LogP) is 3.74. The molecule has 2 aromatic rings. The average Bonchev–Trinajstić information content (AvgIpc) is 2.52. The summed E-state index contributed by atoms with van der Waals surface area (Å²) >= 11 is 11.8. The molecule has 5 heteroatoms. The Bertz CT molecular complexity index is 589. The topological polar surface area (TPSA) is 52.5 Å². The van der Waals surface area contributed by atoms with E-state index >= 15 is 0 Å². The fourth-order valence-corrected chi connectivity index (χ4v) is 2.62. The van der Waals surface area contributed by atoms with Crippen LogP contribution in [0.25, 0.3) is 0 Å². The van der Waals surface area contributed by atoms with Gasteiger partial charge in [-0.05, 0) is 41.8 Å². The van der Waals surface area contributed by atoms with Crippen LogP contribution in [0.2, 0.25) is 10.0 Å².